The standard InChI is InChI=1S/C19H14F2N6O2S/c1-11-8-12(6-7-15(11)27-10-22-25-26-27)17(28)24-19-23-14(9-30-19)13-4-2-3-5-16(13)29-18(20)21/h2-10,18H,1H3,(H,23,24,28). The van der Waals surface area contributed by atoms with E-state index in [9.17, 15) is 13.6 Å². The van der Waals surface area contributed by atoms with Crippen molar-refractivity contribution < 1.29 is 18.3 Å². The number of benzene rings is 2. The van der Waals surface area contributed by atoms with E-state index in [0.717, 1.165) is 11.3 Å². The molecule has 0 saturated carbocycles. The molecular weight excluding hydrogens is 414 g/mol. The number of halogens is 2. The number of thiazole rings is 1. The number of tetrazole rings is 1. The first kappa shape index (κ1) is 19.6. The van der Waals surface area contributed by atoms with Gasteiger partial charge in [-0.1, -0.05) is 12.1 Å². The minimum Gasteiger partial charge on any atom is -0.434 e. The number of amides is 1. The summed E-state index contributed by atoms with van der Waals surface area (Å²) >= 11 is 1.18. The summed E-state index contributed by atoms with van der Waals surface area (Å²) in [5, 5.41) is 15.8. The summed E-state index contributed by atoms with van der Waals surface area (Å²) < 4.78 is 31.3. The Morgan fingerprint density at radius 3 is 2.80 bits per heavy atom. The van der Waals surface area contributed by atoms with Crippen LogP contribution in [-0.4, -0.2) is 37.7 Å². The Morgan fingerprint density at radius 1 is 1.23 bits per heavy atom. The maximum Gasteiger partial charge on any atom is 0.387 e. The van der Waals surface area contributed by atoms with Crippen LogP contribution in [0.25, 0.3) is 16.9 Å². The zero-order chi connectivity index (χ0) is 21.1. The largest absolute Gasteiger partial charge is 0.434 e. The molecule has 4 aromatic rings. The average Bonchev–Trinajstić information content (AvgIpc) is 3.40. The molecule has 1 N–H and O–H groups in total. The monoisotopic (exact) mass is 428 g/mol. The molecule has 0 radical (unpaired) electrons. The molecule has 0 aliphatic carbocycles. The topological polar surface area (TPSA) is 94.8 Å². The normalized spacial score (nSPS) is 10.9. The first-order valence-electron chi connectivity index (χ1n) is 8.66. The van der Waals surface area contributed by atoms with Gasteiger partial charge < -0.3 is 4.74 Å². The molecule has 2 heterocycles. The second-order valence-electron chi connectivity index (χ2n) is 6.12. The third-order valence-electron chi connectivity index (χ3n) is 4.16. The molecule has 0 fully saturated rings. The number of nitrogens with zero attached hydrogens (tertiary/aromatic N) is 5. The Bertz CT molecular complexity index is 1180. The number of anilines is 1. The van der Waals surface area contributed by atoms with Crippen molar-refractivity contribution in [3.05, 3.63) is 65.3 Å². The lowest BCUT2D eigenvalue weighted by atomic mass is 10.1. The van der Waals surface area contributed by atoms with Gasteiger partial charge >= 0.3 is 6.61 Å². The summed E-state index contributed by atoms with van der Waals surface area (Å²) in [7, 11) is 0. The summed E-state index contributed by atoms with van der Waals surface area (Å²) in [6.45, 7) is -1.10. The first-order valence-corrected chi connectivity index (χ1v) is 9.54. The van der Waals surface area contributed by atoms with Crippen molar-refractivity contribution in [2.24, 2.45) is 0 Å². The minimum atomic E-state index is -2.94. The Kier molecular flexibility index (Phi) is 5.44. The number of ether oxygens (including phenoxy) is 1. The first-order chi connectivity index (χ1) is 14.5. The maximum atomic E-state index is 12.6. The van der Waals surface area contributed by atoms with Crippen LogP contribution in [0.3, 0.4) is 0 Å². The van der Waals surface area contributed by atoms with Gasteiger partial charge in [-0.3, -0.25) is 10.1 Å². The van der Waals surface area contributed by atoms with Gasteiger partial charge in [0.25, 0.3) is 5.91 Å². The molecule has 2 aromatic carbocycles. The number of alkyl halides is 2. The van der Waals surface area contributed by atoms with E-state index in [1.54, 1.807) is 41.8 Å². The SMILES string of the molecule is Cc1cc(C(=O)Nc2nc(-c3ccccc3OC(F)F)cs2)ccc1-n1cnnn1. The van der Waals surface area contributed by atoms with Gasteiger partial charge in [0.15, 0.2) is 5.13 Å². The summed E-state index contributed by atoms with van der Waals surface area (Å²) in [5.41, 5.74) is 2.84. The predicted octanol–water partition coefficient (Wildman–Crippen LogP) is 3.95. The number of carbonyl (C=O) groups excluding carboxylic acids is 1. The van der Waals surface area contributed by atoms with Gasteiger partial charge in [-0.15, -0.1) is 16.4 Å². The van der Waals surface area contributed by atoms with Crippen LogP contribution in [0.2, 0.25) is 0 Å². The summed E-state index contributed by atoms with van der Waals surface area (Å²) in [5.74, 6) is -0.330. The molecule has 0 atom stereocenters. The molecule has 11 heteroatoms. The van der Waals surface area contributed by atoms with E-state index >= 15 is 0 Å². The number of carbonyl (C=O) groups is 1. The Labute approximate surface area is 173 Å². The number of rotatable bonds is 6. The average molecular weight is 428 g/mol. The second-order valence-corrected chi connectivity index (χ2v) is 6.98. The van der Waals surface area contributed by atoms with Crippen LogP contribution in [0.5, 0.6) is 5.75 Å². The van der Waals surface area contributed by atoms with E-state index in [1.807, 2.05) is 6.92 Å². The zero-order valence-electron chi connectivity index (χ0n) is 15.5. The molecule has 1 amide bonds. The molecular formula is C19H14F2N6O2S. The molecule has 8 nitrogen and oxygen atoms in total. The summed E-state index contributed by atoms with van der Waals surface area (Å²) in [4.78, 5) is 16.9. The van der Waals surface area contributed by atoms with Crippen LogP contribution in [0.1, 0.15) is 15.9 Å². The van der Waals surface area contributed by atoms with Crippen LogP contribution in [0.15, 0.2) is 54.2 Å². The Morgan fingerprint density at radius 2 is 2.07 bits per heavy atom. The quantitative estimate of drug-likeness (QED) is 0.500. The fourth-order valence-electron chi connectivity index (χ4n) is 2.83. The second kappa shape index (κ2) is 8.33. The van der Waals surface area contributed by atoms with Crippen molar-refractivity contribution in [3.8, 4) is 22.7 Å². The van der Waals surface area contributed by atoms with Crippen LogP contribution in [-0.2, 0) is 0 Å². The van der Waals surface area contributed by atoms with Gasteiger partial charge in [0.05, 0.1) is 11.4 Å². The van der Waals surface area contributed by atoms with Crippen molar-refractivity contribution in [3.63, 3.8) is 0 Å². The summed E-state index contributed by atoms with van der Waals surface area (Å²) in [6.07, 6.45) is 1.47. The highest BCUT2D eigenvalue weighted by Crippen LogP contribution is 2.33. The highest BCUT2D eigenvalue weighted by Gasteiger charge is 2.15. The molecule has 0 bridgehead atoms. The van der Waals surface area contributed by atoms with Gasteiger partial charge in [-0.05, 0) is 53.2 Å². The summed E-state index contributed by atoms with van der Waals surface area (Å²) in [6, 6.07) is 11.5. The van der Waals surface area contributed by atoms with E-state index in [1.165, 1.54) is 28.4 Å². The highest BCUT2D eigenvalue weighted by molar-refractivity contribution is 7.14. The molecule has 152 valence electrons. The lowest BCUT2D eigenvalue weighted by Gasteiger charge is -2.08. The third-order valence-corrected chi connectivity index (χ3v) is 4.92. The molecule has 0 aliphatic rings. The smallest absolute Gasteiger partial charge is 0.387 e. The van der Waals surface area contributed by atoms with Crippen molar-refractivity contribution in [2.45, 2.75) is 13.5 Å². The third kappa shape index (κ3) is 4.15. The number of aromatic nitrogens is 5. The number of para-hydroxylation sites is 1. The Balaban J connectivity index is 1.52. The maximum absolute atomic E-state index is 12.6. The van der Waals surface area contributed by atoms with Crippen LogP contribution < -0.4 is 10.1 Å². The van der Waals surface area contributed by atoms with Crippen LogP contribution in [0.4, 0.5) is 13.9 Å². The van der Waals surface area contributed by atoms with Gasteiger partial charge in [-0.2, -0.15) is 8.78 Å². The lowest BCUT2D eigenvalue weighted by Crippen LogP contribution is -2.12. The van der Waals surface area contributed by atoms with Crippen LogP contribution >= 0.6 is 11.3 Å². The van der Waals surface area contributed by atoms with E-state index in [0.29, 0.717) is 22.0 Å². The number of aryl methyl sites for hydroxylation is 1. The zero-order valence-corrected chi connectivity index (χ0v) is 16.3. The molecule has 0 aliphatic heterocycles. The van der Waals surface area contributed by atoms with Crippen molar-refractivity contribution in [1.82, 2.24) is 25.2 Å². The highest BCUT2D eigenvalue weighted by atomic mass is 32.1. The van der Waals surface area contributed by atoms with E-state index in [4.69, 9.17) is 0 Å². The lowest BCUT2D eigenvalue weighted by molar-refractivity contribution is -0.0494. The number of hydrogen-bond donors (Lipinski definition) is 1. The fraction of sp³-hybridized carbons (Fsp3) is 0.105. The predicted molar refractivity (Wildman–Crippen MR) is 106 cm³/mol. The van der Waals surface area contributed by atoms with Crippen molar-refractivity contribution in [2.75, 3.05) is 5.32 Å². The fourth-order valence-corrected chi connectivity index (χ4v) is 3.53. The molecule has 2 aromatic heterocycles. The number of hydrogen-bond acceptors (Lipinski definition) is 7. The van der Waals surface area contributed by atoms with E-state index < -0.39 is 6.61 Å². The van der Waals surface area contributed by atoms with Gasteiger partial charge in [0.1, 0.15) is 12.1 Å². The van der Waals surface area contributed by atoms with Gasteiger partial charge in [-0.25, -0.2) is 9.67 Å². The minimum absolute atomic E-state index is 0.0180. The number of nitrogens with one attached hydrogen (secondary N) is 1. The Hall–Kier alpha value is -3.73. The molecule has 30 heavy (non-hydrogen) atoms. The van der Waals surface area contributed by atoms with Crippen molar-refractivity contribution in [1.29, 1.82) is 0 Å². The molecule has 0 spiro atoms. The molecule has 0 saturated heterocycles. The molecule has 0 unspecified atom stereocenters. The van der Waals surface area contributed by atoms with Crippen molar-refractivity contribution >= 4 is 22.4 Å². The molecule has 4 rings (SSSR count). The van der Waals surface area contributed by atoms with Crippen LogP contribution in [0, 0.1) is 6.92 Å². The van der Waals surface area contributed by atoms with E-state index in [-0.39, 0.29) is 11.7 Å². The van der Waals surface area contributed by atoms with Gasteiger partial charge in [0.2, 0.25) is 0 Å². The van der Waals surface area contributed by atoms with E-state index in [2.05, 4.69) is 30.6 Å². The van der Waals surface area contributed by atoms with Gasteiger partial charge in [0, 0.05) is 16.5 Å².